The summed E-state index contributed by atoms with van der Waals surface area (Å²) in [7, 11) is 0. The third-order valence-electron chi connectivity index (χ3n) is 4.80. The minimum atomic E-state index is -0.886. The highest BCUT2D eigenvalue weighted by molar-refractivity contribution is 7.98. The van der Waals surface area contributed by atoms with Crippen LogP contribution in [-0.2, 0) is 19.7 Å². The number of nitrogens with one attached hydrogen (secondary N) is 2. The fourth-order valence-electron chi connectivity index (χ4n) is 2.70. The summed E-state index contributed by atoms with van der Waals surface area (Å²) in [4.78, 5) is 37.3. The van der Waals surface area contributed by atoms with E-state index in [-0.39, 0.29) is 23.3 Å². The summed E-state index contributed by atoms with van der Waals surface area (Å²) in [6.07, 6.45) is 3.41. The van der Waals surface area contributed by atoms with Gasteiger partial charge in [-0.2, -0.15) is 11.8 Å². The molecular formula is C22H32N2O4S. The van der Waals surface area contributed by atoms with Gasteiger partial charge in [0.1, 0.15) is 6.04 Å². The number of hydrogen-bond acceptors (Lipinski definition) is 5. The van der Waals surface area contributed by atoms with Crippen LogP contribution >= 0.6 is 11.8 Å². The van der Waals surface area contributed by atoms with E-state index in [0.717, 1.165) is 18.4 Å². The van der Waals surface area contributed by atoms with Crippen molar-refractivity contribution in [2.45, 2.75) is 70.6 Å². The van der Waals surface area contributed by atoms with Gasteiger partial charge in [-0.15, -0.1) is 0 Å². The molecule has 1 aromatic rings. The highest BCUT2D eigenvalue weighted by Crippen LogP contribution is 2.22. The van der Waals surface area contributed by atoms with E-state index >= 15 is 0 Å². The van der Waals surface area contributed by atoms with Gasteiger partial charge in [0.25, 0.3) is 11.8 Å². The predicted molar refractivity (Wildman–Crippen MR) is 116 cm³/mol. The fourth-order valence-corrected chi connectivity index (χ4v) is 3.18. The number of esters is 1. The molecule has 2 N–H and O–H groups in total. The molecule has 0 heterocycles. The summed E-state index contributed by atoms with van der Waals surface area (Å²) >= 11 is 1.58. The molecule has 0 unspecified atom stereocenters. The number of thioether (sulfide) groups is 1. The molecule has 2 rings (SSSR count). The molecule has 1 aliphatic carbocycles. The van der Waals surface area contributed by atoms with E-state index in [1.54, 1.807) is 30.8 Å². The van der Waals surface area contributed by atoms with Gasteiger partial charge in [-0.25, -0.2) is 4.79 Å². The SMILES string of the molecule is CSCC[C@@H](NC(=O)c1ccc(C(C)(C)C)cc1)C(=O)O[C@H](C)C(=O)NC1CC1. The molecule has 0 spiro atoms. The maximum Gasteiger partial charge on any atom is 0.329 e. The van der Waals surface area contributed by atoms with Crippen molar-refractivity contribution in [1.82, 2.24) is 10.6 Å². The highest BCUT2D eigenvalue weighted by atomic mass is 32.2. The van der Waals surface area contributed by atoms with Crippen molar-refractivity contribution >= 4 is 29.5 Å². The van der Waals surface area contributed by atoms with Crippen LogP contribution in [0.1, 0.15) is 62.9 Å². The number of amides is 2. The lowest BCUT2D eigenvalue weighted by Gasteiger charge is -2.21. The summed E-state index contributed by atoms with van der Waals surface area (Å²) in [5.41, 5.74) is 1.61. The average Bonchev–Trinajstić information content (AvgIpc) is 3.48. The lowest BCUT2D eigenvalue weighted by atomic mass is 9.86. The van der Waals surface area contributed by atoms with Crippen LogP contribution in [0, 0.1) is 0 Å². The molecule has 2 atom stereocenters. The molecule has 0 saturated heterocycles. The Bertz CT molecular complexity index is 723. The van der Waals surface area contributed by atoms with E-state index in [1.807, 2.05) is 18.4 Å². The van der Waals surface area contributed by atoms with E-state index in [9.17, 15) is 14.4 Å². The number of rotatable bonds is 9. The molecule has 0 bridgehead atoms. The summed E-state index contributed by atoms with van der Waals surface area (Å²) in [5, 5.41) is 5.58. The van der Waals surface area contributed by atoms with Crippen molar-refractivity contribution in [2.75, 3.05) is 12.0 Å². The Morgan fingerprint density at radius 3 is 2.31 bits per heavy atom. The molecule has 1 aliphatic rings. The van der Waals surface area contributed by atoms with Crippen LogP contribution in [0.2, 0.25) is 0 Å². The Kier molecular flexibility index (Phi) is 8.14. The quantitative estimate of drug-likeness (QED) is 0.600. The van der Waals surface area contributed by atoms with Crippen LogP contribution in [0.5, 0.6) is 0 Å². The number of hydrogen-bond donors (Lipinski definition) is 2. The van der Waals surface area contributed by atoms with Gasteiger partial charge in [0.15, 0.2) is 6.10 Å². The third-order valence-corrected chi connectivity index (χ3v) is 5.44. The molecule has 0 radical (unpaired) electrons. The van der Waals surface area contributed by atoms with Gasteiger partial charge in [-0.3, -0.25) is 9.59 Å². The van der Waals surface area contributed by atoms with Crippen molar-refractivity contribution < 1.29 is 19.1 Å². The Balaban J connectivity index is 1.99. The molecule has 1 saturated carbocycles. The fraction of sp³-hybridized carbons (Fsp3) is 0.591. The molecule has 0 aliphatic heterocycles. The normalized spacial score (nSPS) is 15.9. The van der Waals surface area contributed by atoms with E-state index < -0.39 is 18.1 Å². The molecular weight excluding hydrogens is 388 g/mol. The number of ether oxygens (including phenoxy) is 1. The Labute approximate surface area is 177 Å². The van der Waals surface area contributed by atoms with Crippen molar-refractivity contribution in [2.24, 2.45) is 0 Å². The first-order valence-corrected chi connectivity index (χ1v) is 11.4. The predicted octanol–water partition coefficient (Wildman–Crippen LogP) is 3.05. The van der Waals surface area contributed by atoms with Crippen LogP contribution in [0.3, 0.4) is 0 Å². The van der Waals surface area contributed by atoms with Crippen LogP contribution in [0.4, 0.5) is 0 Å². The van der Waals surface area contributed by atoms with E-state index in [0.29, 0.717) is 17.7 Å². The maximum atomic E-state index is 12.7. The van der Waals surface area contributed by atoms with Crippen LogP contribution in [0.15, 0.2) is 24.3 Å². The minimum Gasteiger partial charge on any atom is -0.451 e. The topological polar surface area (TPSA) is 84.5 Å². The van der Waals surface area contributed by atoms with Gasteiger partial charge in [-0.05, 0) is 61.3 Å². The molecule has 160 valence electrons. The highest BCUT2D eigenvalue weighted by Gasteiger charge is 2.30. The number of carbonyl (C=O) groups excluding carboxylic acids is 3. The molecule has 1 aromatic carbocycles. The average molecular weight is 421 g/mol. The van der Waals surface area contributed by atoms with Gasteiger partial charge in [-0.1, -0.05) is 32.9 Å². The summed E-state index contributed by atoms with van der Waals surface area (Å²) in [6, 6.07) is 6.78. The molecule has 6 nitrogen and oxygen atoms in total. The van der Waals surface area contributed by atoms with Gasteiger partial charge < -0.3 is 15.4 Å². The lowest BCUT2D eigenvalue weighted by Crippen LogP contribution is -2.45. The van der Waals surface area contributed by atoms with Gasteiger partial charge in [0, 0.05) is 11.6 Å². The molecule has 7 heteroatoms. The Morgan fingerprint density at radius 2 is 1.79 bits per heavy atom. The molecule has 1 fully saturated rings. The zero-order valence-corrected chi connectivity index (χ0v) is 18.7. The standard InChI is InChI=1S/C22H32N2O4S/c1-14(19(25)23-17-10-11-17)28-21(27)18(12-13-29-5)24-20(26)15-6-8-16(9-7-15)22(2,3)4/h6-9,14,17-18H,10-13H2,1-5H3,(H,23,25)(H,24,26)/t14-,18-/m1/s1. The number of benzene rings is 1. The van der Waals surface area contributed by atoms with Gasteiger partial charge >= 0.3 is 5.97 Å². The zero-order chi connectivity index (χ0) is 21.6. The molecule has 0 aromatic heterocycles. The van der Waals surface area contributed by atoms with Gasteiger partial charge in [0.05, 0.1) is 0 Å². The maximum absolute atomic E-state index is 12.7. The second kappa shape index (κ2) is 10.1. The van der Waals surface area contributed by atoms with Crippen LogP contribution < -0.4 is 10.6 Å². The monoisotopic (exact) mass is 420 g/mol. The smallest absolute Gasteiger partial charge is 0.329 e. The minimum absolute atomic E-state index is 0.00310. The Morgan fingerprint density at radius 1 is 1.17 bits per heavy atom. The van der Waals surface area contributed by atoms with E-state index in [4.69, 9.17) is 4.74 Å². The molecule has 29 heavy (non-hydrogen) atoms. The van der Waals surface area contributed by atoms with Crippen molar-refractivity contribution in [1.29, 1.82) is 0 Å². The van der Waals surface area contributed by atoms with Crippen LogP contribution in [-0.4, -0.2) is 48.0 Å². The van der Waals surface area contributed by atoms with E-state index in [2.05, 4.69) is 31.4 Å². The lowest BCUT2D eigenvalue weighted by molar-refractivity contribution is -0.156. The molecule has 2 amide bonds. The first kappa shape index (κ1) is 23.3. The number of carbonyl (C=O) groups is 3. The van der Waals surface area contributed by atoms with Gasteiger partial charge in [0.2, 0.25) is 0 Å². The van der Waals surface area contributed by atoms with E-state index in [1.165, 1.54) is 0 Å². The Hall–Kier alpha value is -2.02. The summed E-state index contributed by atoms with van der Waals surface area (Å²) in [5.74, 6) is -0.527. The second-order valence-corrected chi connectivity index (χ2v) is 9.48. The zero-order valence-electron chi connectivity index (χ0n) is 17.9. The van der Waals surface area contributed by atoms with Crippen molar-refractivity contribution in [3.63, 3.8) is 0 Å². The van der Waals surface area contributed by atoms with Crippen molar-refractivity contribution in [3.05, 3.63) is 35.4 Å². The van der Waals surface area contributed by atoms with Crippen molar-refractivity contribution in [3.8, 4) is 0 Å². The largest absolute Gasteiger partial charge is 0.451 e. The first-order chi connectivity index (χ1) is 13.6. The van der Waals surface area contributed by atoms with Crippen LogP contribution in [0.25, 0.3) is 0 Å². The summed E-state index contributed by atoms with van der Waals surface area (Å²) < 4.78 is 5.33. The third kappa shape index (κ3) is 7.38. The second-order valence-electron chi connectivity index (χ2n) is 8.50. The summed E-state index contributed by atoms with van der Waals surface area (Å²) in [6.45, 7) is 7.87. The first-order valence-electron chi connectivity index (χ1n) is 10.0.